The van der Waals surface area contributed by atoms with Gasteiger partial charge >= 0.3 is 0 Å². The quantitative estimate of drug-likeness (QED) is 0.899. The van der Waals surface area contributed by atoms with Crippen molar-refractivity contribution in [2.24, 2.45) is 5.92 Å². The maximum Gasteiger partial charge on any atom is 0.261 e. The molecular weight excluding hydrogens is 340 g/mol. The summed E-state index contributed by atoms with van der Waals surface area (Å²) in [5.74, 6) is 0.406. The van der Waals surface area contributed by atoms with E-state index in [-0.39, 0.29) is 11.5 Å². The minimum atomic E-state index is -0.569. The lowest BCUT2D eigenvalue weighted by Crippen LogP contribution is -2.51. The van der Waals surface area contributed by atoms with Gasteiger partial charge in [0, 0.05) is 12.6 Å². The normalized spacial score (nSPS) is 24.3. The summed E-state index contributed by atoms with van der Waals surface area (Å²) in [5.41, 5.74) is 0.491. The van der Waals surface area contributed by atoms with Crippen LogP contribution in [0.5, 0.6) is 0 Å². The first-order valence-electron chi connectivity index (χ1n) is 10.1. The molecule has 6 heteroatoms. The Morgan fingerprint density at radius 1 is 1.22 bits per heavy atom. The fraction of sp³-hybridized carbons (Fsp3) is 0.571. The number of fused-ring (bicyclic) bond motifs is 2. The van der Waals surface area contributed by atoms with Gasteiger partial charge in [0.25, 0.3) is 5.56 Å². The number of carbonyl (C=O) groups is 1. The molecule has 3 heterocycles. The molecule has 6 nitrogen and oxygen atoms in total. The summed E-state index contributed by atoms with van der Waals surface area (Å²) in [5, 5.41) is 3.65. The molecular formula is C21H28N4O2. The van der Waals surface area contributed by atoms with Crippen molar-refractivity contribution in [3.63, 3.8) is 0 Å². The number of para-hydroxylation sites is 1. The number of nitrogens with zero attached hydrogens (tertiary/aromatic N) is 3. The second-order valence-electron chi connectivity index (χ2n) is 7.90. The maximum absolute atomic E-state index is 12.7. The summed E-state index contributed by atoms with van der Waals surface area (Å²) in [6, 6.07) is 7.28. The van der Waals surface area contributed by atoms with Gasteiger partial charge in [-0.2, -0.15) is 0 Å². The molecule has 1 aromatic heterocycles. The molecule has 2 fully saturated rings. The molecule has 1 unspecified atom stereocenters. The zero-order chi connectivity index (χ0) is 18.8. The second-order valence-corrected chi connectivity index (χ2v) is 7.90. The molecule has 27 heavy (non-hydrogen) atoms. The van der Waals surface area contributed by atoms with E-state index in [4.69, 9.17) is 0 Å². The molecule has 4 rings (SSSR count). The van der Waals surface area contributed by atoms with E-state index < -0.39 is 6.04 Å². The molecule has 2 aliphatic rings. The Balaban J connectivity index is 1.44. The standard InChI is InChI=1S/C21H28N4O2/c1-15(25-14-23-18-9-3-2-8-17(18)21(25)27)20(26)22-13-16-7-6-12-24-11-5-4-10-19(16)24/h2-3,8-9,14-16,19H,4-7,10-13H2,1H3,(H,22,26)/t15?,16-,19+/m0/s1. The van der Waals surface area contributed by atoms with Crippen LogP contribution in [0.15, 0.2) is 35.4 Å². The Morgan fingerprint density at radius 2 is 2.04 bits per heavy atom. The van der Waals surface area contributed by atoms with Crippen LogP contribution in [-0.4, -0.2) is 46.0 Å². The minimum Gasteiger partial charge on any atom is -0.354 e. The molecule has 3 atom stereocenters. The molecule has 2 aliphatic heterocycles. The van der Waals surface area contributed by atoms with Crippen LogP contribution in [0, 0.1) is 5.92 Å². The second kappa shape index (κ2) is 7.80. The number of hydrogen-bond donors (Lipinski definition) is 1. The Bertz CT molecular complexity index is 876. The molecule has 0 radical (unpaired) electrons. The topological polar surface area (TPSA) is 67.2 Å². The van der Waals surface area contributed by atoms with Gasteiger partial charge in [-0.3, -0.25) is 14.2 Å². The number of carbonyl (C=O) groups excluding carboxylic acids is 1. The van der Waals surface area contributed by atoms with E-state index >= 15 is 0 Å². The molecule has 1 amide bonds. The number of hydrogen-bond acceptors (Lipinski definition) is 4. The third-order valence-electron chi connectivity index (χ3n) is 6.25. The summed E-state index contributed by atoms with van der Waals surface area (Å²) in [6.45, 7) is 4.86. The van der Waals surface area contributed by atoms with Gasteiger partial charge in [-0.1, -0.05) is 18.6 Å². The molecule has 2 aromatic rings. The van der Waals surface area contributed by atoms with Crippen molar-refractivity contribution in [1.29, 1.82) is 0 Å². The molecule has 2 saturated heterocycles. The van der Waals surface area contributed by atoms with Gasteiger partial charge in [-0.25, -0.2) is 4.98 Å². The van der Waals surface area contributed by atoms with Gasteiger partial charge in [-0.15, -0.1) is 0 Å². The number of piperidine rings is 2. The predicted octanol–water partition coefficient (Wildman–Crippen LogP) is 2.34. The molecule has 0 aliphatic carbocycles. The summed E-state index contributed by atoms with van der Waals surface area (Å²) in [4.78, 5) is 32.4. The van der Waals surface area contributed by atoms with E-state index in [1.165, 1.54) is 56.1 Å². The van der Waals surface area contributed by atoms with Crippen molar-refractivity contribution in [2.75, 3.05) is 19.6 Å². The van der Waals surface area contributed by atoms with Gasteiger partial charge in [0.05, 0.1) is 17.2 Å². The largest absolute Gasteiger partial charge is 0.354 e. The smallest absolute Gasteiger partial charge is 0.261 e. The Hall–Kier alpha value is -2.21. The third kappa shape index (κ3) is 3.63. The lowest BCUT2D eigenvalue weighted by molar-refractivity contribution is -0.124. The summed E-state index contributed by atoms with van der Waals surface area (Å²) in [7, 11) is 0. The van der Waals surface area contributed by atoms with Gasteiger partial charge in [-0.05, 0) is 63.7 Å². The highest BCUT2D eigenvalue weighted by Gasteiger charge is 2.33. The van der Waals surface area contributed by atoms with E-state index in [9.17, 15) is 9.59 Å². The van der Waals surface area contributed by atoms with Crippen LogP contribution in [0.25, 0.3) is 10.9 Å². The van der Waals surface area contributed by atoms with Crippen LogP contribution in [-0.2, 0) is 4.79 Å². The minimum absolute atomic E-state index is 0.109. The fourth-order valence-corrected chi connectivity index (χ4v) is 4.68. The van der Waals surface area contributed by atoms with Crippen LogP contribution in [0.2, 0.25) is 0 Å². The zero-order valence-electron chi connectivity index (χ0n) is 15.9. The average molecular weight is 368 g/mol. The van der Waals surface area contributed by atoms with Crippen LogP contribution in [0.3, 0.4) is 0 Å². The van der Waals surface area contributed by atoms with Crippen LogP contribution >= 0.6 is 0 Å². The zero-order valence-corrected chi connectivity index (χ0v) is 15.9. The van der Waals surface area contributed by atoms with Gasteiger partial charge in [0.2, 0.25) is 5.91 Å². The molecule has 144 valence electrons. The molecule has 0 spiro atoms. The lowest BCUT2D eigenvalue weighted by atomic mass is 9.83. The first-order valence-corrected chi connectivity index (χ1v) is 10.1. The van der Waals surface area contributed by atoms with Gasteiger partial charge in [0.1, 0.15) is 6.04 Å². The summed E-state index contributed by atoms with van der Waals surface area (Å²) >= 11 is 0. The first-order chi connectivity index (χ1) is 13.1. The molecule has 1 N–H and O–H groups in total. The van der Waals surface area contributed by atoms with Crippen molar-refractivity contribution < 1.29 is 4.79 Å². The summed E-state index contributed by atoms with van der Waals surface area (Å²) < 4.78 is 1.44. The maximum atomic E-state index is 12.7. The highest BCUT2D eigenvalue weighted by Crippen LogP contribution is 2.30. The van der Waals surface area contributed by atoms with Gasteiger partial charge < -0.3 is 10.2 Å². The van der Waals surface area contributed by atoms with Crippen LogP contribution in [0.4, 0.5) is 0 Å². The van der Waals surface area contributed by atoms with Gasteiger partial charge in [0.15, 0.2) is 0 Å². The SMILES string of the molecule is CC(C(=O)NC[C@@H]1CCCN2CCCC[C@H]12)n1cnc2ccccc2c1=O. The van der Waals surface area contributed by atoms with Crippen molar-refractivity contribution in [3.8, 4) is 0 Å². The number of aromatic nitrogens is 2. The lowest BCUT2D eigenvalue weighted by Gasteiger charge is -2.44. The van der Waals surface area contributed by atoms with E-state index in [0.29, 0.717) is 29.4 Å². The Kier molecular flexibility index (Phi) is 5.25. The van der Waals surface area contributed by atoms with Crippen molar-refractivity contribution >= 4 is 16.8 Å². The number of amides is 1. The van der Waals surface area contributed by atoms with Crippen molar-refractivity contribution in [2.45, 2.75) is 51.1 Å². The van der Waals surface area contributed by atoms with Crippen molar-refractivity contribution in [1.82, 2.24) is 19.8 Å². The monoisotopic (exact) mass is 368 g/mol. The summed E-state index contributed by atoms with van der Waals surface area (Å²) in [6.07, 6.45) is 7.70. The Labute approximate surface area is 159 Å². The Morgan fingerprint density at radius 3 is 2.93 bits per heavy atom. The first kappa shape index (κ1) is 18.2. The van der Waals surface area contributed by atoms with E-state index in [0.717, 1.165) is 0 Å². The van der Waals surface area contributed by atoms with Crippen LogP contribution < -0.4 is 10.9 Å². The third-order valence-corrected chi connectivity index (χ3v) is 6.25. The van der Waals surface area contributed by atoms with E-state index in [1.807, 2.05) is 18.2 Å². The number of benzene rings is 1. The average Bonchev–Trinajstić information content (AvgIpc) is 2.72. The van der Waals surface area contributed by atoms with E-state index in [2.05, 4.69) is 15.2 Å². The number of nitrogens with one attached hydrogen (secondary N) is 1. The fourth-order valence-electron chi connectivity index (χ4n) is 4.68. The molecule has 0 saturated carbocycles. The number of rotatable bonds is 4. The predicted molar refractivity (Wildman–Crippen MR) is 106 cm³/mol. The van der Waals surface area contributed by atoms with E-state index in [1.54, 1.807) is 13.0 Å². The van der Waals surface area contributed by atoms with Crippen molar-refractivity contribution in [3.05, 3.63) is 40.9 Å². The highest BCUT2D eigenvalue weighted by molar-refractivity contribution is 5.81. The highest BCUT2D eigenvalue weighted by atomic mass is 16.2. The van der Waals surface area contributed by atoms with Crippen LogP contribution in [0.1, 0.15) is 45.1 Å². The molecule has 0 bridgehead atoms. The molecule has 1 aromatic carbocycles.